The standard InChI is InChI=1S/C16H17NO2/c1-12(2)11-13-3-5-14(6-4-13)15-7-9-16(10-8-15)17(18)19/h3-10,12H,11H2,1-2H3. The van der Waals surface area contributed by atoms with Gasteiger partial charge in [0.15, 0.2) is 0 Å². The fourth-order valence-corrected chi connectivity index (χ4v) is 2.08. The molecule has 0 bridgehead atoms. The summed E-state index contributed by atoms with van der Waals surface area (Å²) in [6.45, 7) is 4.40. The highest BCUT2D eigenvalue weighted by atomic mass is 16.6. The molecule has 0 aliphatic carbocycles. The third kappa shape index (κ3) is 3.41. The molecule has 0 unspecified atom stereocenters. The Kier molecular flexibility index (Phi) is 3.95. The number of non-ortho nitro benzene ring substituents is 1. The lowest BCUT2D eigenvalue weighted by Crippen LogP contribution is -1.93. The average molecular weight is 255 g/mol. The molecule has 0 N–H and O–H groups in total. The second-order valence-electron chi connectivity index (χ2n) is 5.10. The molecule has 2 aromatic carbocycles. The monoisotopic (exact) mass is 255 g/mol. The molecule has 0 aliphatic heterocycles. The van der Waals surface area contributed by atoms with Crippen LogP contribution in [0.25, 0.3) is 11.1 Å². The lowest BCUT2D eigenvalue weighted by atomic mass is 9.99. The lowest BCUT2D eigenvalue weighted by Gasteiger charge is -2.06. The molecule has 0 aromatic heterocycles. The van der Waals surface area contributed by atoms with E-state index in [1.807, 2.05) is 0 Å². The van der Waals surface area contributed by atoms with E-state index in [0.717, 1.165) is 17.5 Å². The van der Waals surface area contributed by atoms with Gasteiger partial charge in [0.05, 0.1) is 4.92 Å². The van der Waals surface area contributed by atoms with E-state index in [0.29, 0.717) is 5.92 Å². The Labute approximate surface area is 113 Å². The van der Waals surface area contributed by atoms with Crippen LogP contribution in [0.3, 0.4) is 0 Å². The highest BCUT2D eigenvalue weighted by molar-refractivity contribution is 5.65. The lowest BCUT2D eigenvalue weighted by molar-refractivity contribution is -0.384. The van der Waals surface area contributed by atoms with Crippen LogP contribution in [0.4, 0.5) is 5.69 Å². The van der Waals surface area contributed by atoms with Gasteiger partial charge in [0.1, 0.15) is 0 Å². The summed E-state index contributed by atoms with van der Waals surface area (Å²) >= 11 is 0. The van der Waals surface area contributed by atoms with Crippen molar-refractivity contribution in [2.24, 2.45) is 5.92 Å². The normalized spacial score (nSPS) is 10.7. The summed E-state index contributed by atoms with van der Waals surface area (Å²) in [6, 6.07) is 15.0. The number of nitrogens with zero attached hydrogens (tertiary/aromatic N) is 1. The number of hydrogen-bond acceptors (Lipinski definition) is 2. The average Bonchev–Trinajstić information content (AvgIpc) is 2.39. The van der Waals surface area contributed by atoms with Crippen LogP contribution >= 0.6 is 0 Å². The molecular weight excluding hydrogens is 238 g/mol. The van der Waals surface area contributed by atoms with Crippen LogP contribution in [-0.4, -0.2) is 4.92 Å². The molecule has 0 aliphatic rings. The minimum Gasteiger partial charge on any atom is -0.258 e. The number of nitro benzene ring substituents is 1. The summed E-state index contributed by atoms with van der Waals surface area (Å²) in [5, 5.41) is 10.6. The molecule has 2 rings (SSSR count). The van der Waals surface area contributed by atoms with Gasteiger partial charge >= 0.3 is 0 Å². The molecule has 0 saturated carbocycles. The largest absolute Gasteiger partial charge is 0.269 e. The van der Waals surface area contributed by atoms with Gasteiger partial charge in [0, 0.05) is 12.1 Å². The predicted molar refractivity (Wildman–Crippen MR) is 77.1 cm³/mol. The van der Waals surface area contributed by atoms with Gasteiger partial charge in [0.25, 0.3) is 5.69 Å². The Bertz CT molecular complexity index is 556. The van der Waals surface area contributed by atoms with Crippen LogP contribution in [0.5, 0.6) is 0 Å². The Hall–Kier alpha value is -2.16. The third-order valence-electron chi connectivity index (χ3n) is 3.01. The van der Waals surface area contributed by atoms with Gasteiger partial charge in [-0.15, -0.1) is 0 Å². The van der Waals surface area contributed by atoms with Gasteiger partial charge in [0.2, 0.25) is 0 Å². The molecular formula is C16H17NO2. The SMILES string of the molecule is CC(C)Cc1ccc(-c2ccc([N+](=O)[O-])cc2)cc1. The van der Waals surface area contributed by atoms with Gasteiger partial charge in [-0.1, -0.05) is 38.1 Å². The van der Waals surface area contributed by atoms with Crippen molar-refractivity contribution < 1.29 is 4.92 Å². The minimum absolute atomic E-state index is 0.125. The van der Waals surface area contributed by atoms with E-state index in [9.17, 15) is 10.1 Å². The Balaban J connectivity index is 2.19. The molecule has 0 radical (unpaired) electrons. The Morgan fingerprint density at radius 1 is 0.947 bits per heavy atom. The number of rotatable bonds is 4. The van der Waals surface area contributed by atoms with Crippen molar-refractivity contribution in [1.82, 2.24) is 0 Å². The Morgan fingerprint density at radius 3 is 1.84 bits per heavy atom. The molecule has 3 nitrogen and oxygen atoms in total. The smallest absolute Gasteiger partial charge is 0.258 e. The second kappa shape index (κ2) is 5.65. The first kappa shape index (κ1) is 13.3. The van der Waals surface area contributed by atoms with E-state index in [1.54, 1.807) is 12.1 Å². The molecule has 0 fully saturated rings. The third-order valence-corrected chi connectivity index (χ3v) is 3.01. The minimum atomic E-state index is -0.379. The van der Waals surface area contributed by atoms with Crippen molar-refractivity contribution >= 4 is 5.69 Å². The zero-order chi connectivity index (χ0) is 13.8. The summed E-state index contributed by atoms with van der Waals surface area (Å²) in [5.41, 5.74) is 3.53. The van der Waals surface area contributed by atoms with E-state index in [1.165, 1.54) is 17.7 Å². The van der Waals surface area contributed by atoms with Crippen molar-refractivity contribution in [3.05, 3.63) is 64.2 Å². The zero-order valence-corrected chi connectivity index (χ0v) is 11.2. The van der Waals surface area contributed by atoms with Crippen molar-refractivity contribution in [3.63, 3.8) is 0 Å². The first-order valence-corrected chi connectivity index (χ1v) is 6.40. The van der Waals surface area contributed by atoms with E-state index >= 15 is 0 Å². The van der Waals surface area contributed by atoms with Crippen LogP contribution in [0.2, 0.25) is 0 Å². The maximum atomic E-state index is 10.6. The molecule has 0 amide bonds. The van der Waals surface area contributed by atoms with E-state index in [2.05, 4.69) is 38.1 Å². The summed E-state index contributed by atoms with van der Waals surface area (Å²) < 4.78 is 0. The van der Waals surface area contributed by atoms with Crippen molar-refractivity contribution in [2.75, 3.05) is 0 Å². The summed E-state index contributed by atoms with van der Waals surface area (Å²) in [7, 11) is 0. The van der Waals surface area contributed by atoms with Crippen LogP contribution in [0, 0.1) is 16.0 Å². The highest BCUT2D eigenvalue weighted by Gasteiger charge is 2.05. The van der Waals surface area contributed by atoms with Crippen LogP contribution in [-0.2, 0) is 6.42 Å². The van der Waals surface area contributed by atoms with Crippen LogP contribution in [0.1, 0.15) is 19.4 Å². The van der Waals surface area contributed by atoms with Gasteiger partial charge in [-0.2, -0.15) is 0 Å². The molecule has 3 heteroatoms. The first-order chi connectivity index (χ1) is 9.06. The summed E-state index contributed by atoms with van der Waals surface area (Å²) in [4.78, 5) is 10.2. The first-order valence-electron chi connectivity index (χ1n) is 6.40. The molecule has 0 atom stereocenters. The van der Waals surface area contributed by atoms with Crippen molar-refractivity contribution in [1.29, 1.82) is 0 Å². The van der Waals surface area contributed by atoms with E-state index < -0.39 is 0 Å². The maximum absolute atomic E-state index is 10.6. The van der Waals surface area contributed by atoms with Crippen molar-refractivity contribution in [2.45, 2.75) is 20.3 Å². The zero-order valence-electron chi connectivity index (χ0n) is 11.2. The number of nitro groups is 1. The highest BCUT2D eigenvalue weighted by Crippen LogP contribution is 2.23. The molecule has 0 heterocycles. The summed E-state index contributed by atoms with van der Waals surface area (Å²) in [5.74, 6) is 0.644. The van der Waals surface area contributed by atoms with E-state index in [4.69, 9.17) is 0 Å². The molecule has 0 spiro atoms. The van der Waals surface area contributed by atoms with Gasteiger partial charge < -0.3 is 0 Å². The van der Waals surface area contributed by atoms with Gasteiger partial charge in [-0.3, -0.25) is 10.1 Å². The number of benzene rings is 2. The molecule has 0 saturated heterocycles. The quantitative estimate of drug-likeness (QED) is 0.598. The molecule has 2 aromatic rings. The molecule has 98 valence electrons. The topological polar surface area (TPSA) is 43.1 Å². The van der Waals surface area contributed by atoms with Crippen LogP contribution in [0.15, 0.2) is 48.5 Å². The fraction of sp³-hybridized carbons (Fsp3) is 0.250. The maximum Gasteiger partial charge on any atom is 0.269 e. The predicted octanol–water partition coefficient (Wildman–Crippen LogP) is 4.46. The fourth-order valence-electron chi connectivity index (χ4n) is 2.08. The summed E-state index contributed by atoms with van der Waals surface area (Å²) in [6.07, 6.45) is 1.07. The molecule has 19 heavy (non-hydrogen) atoms. The number of hydrogen-bond donors (Lipinski definition) is 0. The van der Waals surface area contributed by atoms with Crippen LogP contribution < -0.4 is 0 Å². The Morgan fingerprint density at radius 2 is 1.42 bits per heavy atom. The van der Waals surface area contributed by atoms with Crippen molar-refractivity contribution in [3.8, 4) is 11.1 Å². The second-order valence-corrected chi connectivity index (χ2v) is 5.10. The van der Waals surface area contributed by atoms with E-state index in [-0.39, 0.29) is 10.6 Å². The van der Waals surface area contributed by atoms with Gasteiger partial charge in [-0.05, 0) is 41.2 Å². The van der Waals surface area contributed by atoms with Gasteiger partial charge in [-0.25, -0.2) is 0 Å².